The minimum Gasteiger partial charge on any atom is -0.496 e. The van der Waals surface area contributed by atoms with Crippen molar-refractivity contribution in [3.05, 3.63) is 74.2 Å². The van der Waals surface area contributed by atoms with E-state index in [9.17, 15) is 23.9 Å². The summed E-state index contributed by atoms with van der Waals surface area (Å²) >= 11 is 7.15. The summed E-state index contributed by atoms with van der Waals surface area (Å²) in [7, 11) is 1.41. The Morgan fingerprint density at radius 1 is 1.28 bits per heavy atom. The lowest BCUT2D eigenvalue weighted by Crippen LogP contribution is -2.42. The van der Waals surface area contributed by atoms with Gasteiger partial charge in [0.2, 0.25) is 5.91 Å². The van der Waals surface area contributed by atoms with E-state index >= 15 is 0 Å². The van der Waals surface area contributed by atoms with E-state index in [-0.39, 0.29) is 45.5 Å². The van der Waals surface area contributed by atoms with Crippen molar-refractivity contribution in [1.82, 2.24) is 0 Å². The molecule has 0 saturated carbocycles. The first-order valence-electron chi connectivity index (χ1n) is 9.26. The maximum absolute atomic E-state index is 14.2. The van der Waals surface area contributed by atoms with E-state index in [0.717, 1.165) is 16.2 Å². The number of halogens is 2. The highest BCUT2D eigenvalue weighted by atomic mass is 35.5. The number of amides is 2. The molecule has 4 rings (SSSR count). The van der Waals surface area contributed by atoms with Gasteiger partial charge in [-0.2, -0.15) is 0 Å². The van der Waals surface area contributed by atoms with Crippen molar-refractivity contribution in [3.8, 4) is 11.5 Å². The molecule has 164 valence electrons. The molecule has 0 fully saturated rings. The van der Waals surface area contributed by atoms with Crippen molar-refractivity contribution in [3.63, 3.8) is 0 Å². The summed E-state index contributed by atoms with van der Waals surface area (Å²) in [6.45, 7) is -0.170. The van der Waals surface area contributed by atoms with Crippen LogP contribution in [0, 0.1) is 5.82 Å². The number of carbonyl (C=O) groups is 3. The number of rotatable bonds is 6. The predicted octanol–water partition coefficient (Wildman–Crippen LogP) is 4.56. The first-order valence-corrected chi connectivity index (χ1v) is 10.5. The molecule has 0 atom stereocenters. The number of carbonyl (C=O) groups excluding carboxylic acids is 2. The Bertz CT molecular complexity index is 1260. The molecular weight excluding hydrogens is 461 g/mol. The first kappa shape index (κ1) is 21.8. The average molecular weight is 476 g/mol. The number of imide groups is 1. The van der Waals surface area contributed by atoms with Crippen LogP contribution in [-0.2, 0) is 17.8 Å². The average Bonchev–Trinajstić information content (AvgIpc) is 3.19. The number of benzene rings is 2. The number of carboxylic acids is 1. The number of carboxylic acid groups (broad SMARTS) is 1. The van der Waals surface area contributed by atoms with Gasteiger partial charge in [0.25, 0.3) is 5.91 Å². The highest BCUT2D eigenvalue weighted by Gasteiger charge is 2.37. The van der Waals surface area contributed by atoms with Crippen molar-refractivity contribution in [2.75, 3.05) is 12.0 Å². The van der Waals surface area contributed by atoms with Crippen LogP contribution in [0.4, 0.5) is 10.1 Å². The van der Waals surface area contributed by atoms with Crippen molar-refractivity contribution >= 4 is 46.4 Å². The van der Waals surface area contributed by atoms with Crippen molar-refractivity contribution in [2.24, 2.45) is 0 Å². The predicted molar refractivity (Wildman–Crippen MR) is 116 cm³/mol. The quantitative estimate of drug-likeness (QED) is 0.525. The monoisotopic (exact) mass is 475 g/mol. The van der Waals surface area contributed by atoms with Crippen LogP contribution in [0.5, 0.6) is 11.5 Å². The number of thiophene rings is 1. The zero-order valence-electron chi connectivity index (χ0n) is 16.6. The highest BCUT2D eigenvalue weighted by molar-refractivity contribution is 7.12. The second-order valence-electron chi connectivity index (χ2n) is 6.80. The molecule has 1 aliphatic rings. The molecule has 1 aromatic heterocycles. The Morgan fingerprint density at radius 3 is 2.78 bits per heavy atom. The van der Waals surface area contributed by atoms with E-state index in [1.54, 1.807) is 6.07 Å². The van der Waals surface area contributed by atoms with Crippen molar-refractivity contribution in [2.45, 2.75) is 13.0 Å². The van der Waals surface area contributed by atoms with E-state index in [4.69, 9.17) is 21.1 Å². The maximum Gasteiger partial charge on any atom is 0.346 e. The number of nitrogens with zero attached hydrogens (tertiary/aromatic N) is 1. The molecule has 0 spiro atoms. The minimum atomic E-state index is -1.25. The molecule has 0 aliphatic carbocycles. The standard InChI is InChI=1S/C22H15ClFNO6S/c1-30-17-4-2-3-15(24)13(17)9-31-12-5-6-14(23)16(8-12)25-18(26)7-11-10-32-20(22(28)29)19(11)21(25)27/h2-6,8,10H,7,9H2,1H3,(H,28,29). The third kappa shape index (κ3) is 3.80. The molecule has 0 radical (unpaired) electrons. The van der Waals surface area contributed by atoms with Gasteiger partial charge < -0.3 is 14.6 Å². The second-order valence-corrected chi connectivity index (χ2v) is 8.09. The number of anilines is 1. The third-order valence-electron chi connectivity index (χ3n) is 4.91. The number of fused-ring (bicyclic) bond motifs is 1. The number of methoxy groups -OCH3 is 1. The molecular formula is C22H15ClFNO6S. The summed E-state index contributed by atoms with van der Waals surface area (Å²) in [5.41, 5.74) is 0.591. The molecule has 1 aliphatic heterocycles. The van der Waals surface area contributed by atoms with Crippen LogP contribution in [0.3, 0.4) is 0 Å². The summed E-state index contributed by atoms with van der Waals surface area (Å²) in [6.07, 6.45) is -0.140. The molecule has 2 aromatic carbocycles. The molecule has 1 N–H and O–H groups in total. The fourth-order valence-electron chi connectivity index (χ4n) is 3.41. The van der Waals surface area contributed by atoms with Gasteiger partial charge >= 0.3 is 5.97 Å². The summed E-state index contributed by atoms with van der Waals surface area (Å²) in [5, 5.41) is 11.0. The van der Waals surface area contributed by atoms with Crippen LogP contribution < -0.4 is 14.4 Å². The van der Waals surface area contributed by atoms with E-state index in [1.165, 1.54) is 42.8 Å². The highest BCUT2D eigenvalue weighted by Crippen LogP contribution is 2.37. The third-order valence-corrected chi connectivity index (χ3v) is 6.24. The van der Waals surface area contributed by atoms with Crippen LogP contribution in [0.25, 0.3) is 0 Å². The Hall–Kier alpha value is -3.43. The summed E-state index contributed by atoms with van der Waals surface area (Å²) in [6, 6.07) is 8.71. The number of aromatic carboxylic acids is 1. The van der Waals surface area contributed by atoms with Crippen LogP contribution in [0.1, 0.15) is 31.2 Å². The summed E-state index contributed by atoms with van der Waals surface area (Å²) in [5.74, 6) is -2.54. The Labute approximate surface area is 190 Å². The molecule has 2 heterocycles. The number of ether oxygens (including phenoxy) is 2. The van der Waals surface area contributed by atoms with Gasteiger partial charge in [-0.05, 0) is 35.2 Å². The number of hydrogen-bond donors (Lipinski definition) is 1. The van der Waals surface area contributed by atoms with Crippen LogP contribution in [-0.4, -0.2) is 30.0 Å². The van der Waals surface area contributed by atoms with Crippen LogP contribution >= 0.6 is 22.9 Å². The first-order chi connectivity index (χ1) is 15.3. The van der Waals surface area contributed by atoms with Gasteiger partial charge in [0.05, 0.1) is 35.4 Å². The lowest BCUT2D eigenvalue weighted by atomic mass is 10.0. The second kappa shape index (κ2) is 8.60. The van der Waals surface area contributed by atoms with Gasteiger partial charge in [-0.3, -0.25) is 9.59 Å². The van der Waals surface area contributed by atoms with E-state index in [0.29, 0.717) is 11.3 Å². The molecule has 10 heteroatoms. The molecule has 2 amide bonds. The summed E-state index contributed by atoms with van der Waals surface area (Å²) in [4.78, 5) is 38.0. The van der Waals surface area contributed by atoms with Gasteiger partial charge in [-0.1, -0.05) is 17.7 Å². The Balaban J connectivity index is 1.66. The van der Waals surface area contributed by atoms with Crippen molar-refractivity contribution < 1.29 is 33.4 Å². The molecule has 32 heavy (non-hydrogen) atoms. The fraction of sp³-hybridized carbons (Fsp3) is 0.136. The SMILES string of the molecule is COc1cccc(F)c1COc1ccc(Cl)c(N2C(=O)Cc3csc(C(=O)O)c3C2=O)c1. The van der Waals surface area contributed by atoms with Crippen molar-refractivity contribution in [1.29, 1.82) is 0 Å². The summed E-state index contributed by atoms with van der Waals surface area (Å²) < 4.78 is 25.0. The molecule has 3 aromatic rings. The minimum absolute atomic E-state index is 0.0272. The van der Waals surface area contributed by atoms with Gasteiger partial charge in [0.1, 0.15) is 28.8 Å². The molecule has 0 saturated heterocycles. The van der Waals surface area contributed by atoms with Crippen LogP contribution in [0.2, 0.25) is 5.02 Å². The zero-order valence-corrected chi connectivity index (χ0v) is 18.1. The smallest absolute Gasteiger partial charge is 0.346 e. The molecule has 7 nitrogen and oxygen atoms in total. The largest absolute Gasteiger partial charge is 0.496 e. The van der Waals surface area contributed by atoms with Gasteiger partial charge in [0, 0.05) is 6.07 Å². The molecule has 0 bridgehead atoms. The lowest BCUT2D eigenvalue weighted by molar-refractivity contribution is -0.117. The normalized spacial score (nSPS) is 13.2. The Kier molecular flexibility index (Phi) is 5.86. The van der Waals surface area contributed by atoms with E-state index in [2.05, 4.69) is 0 Å². The van der Waals surface area contributed by atoms with Gasteiger partial charge in [0.15, 0.2) is 0 Å². The number of hydrogen-bond acceptors (Lipinski definition) is 6. The fourth-order valence-corrected chi connectivity index (χ4v) is 4.51. The van der Waals surface area contributed by atoms with Crippen LogP contribution in [0.15, 0.2) is 41.8 Å². The maximum atomic E-state index is 14.2. The molecule has 0 unspecified atom stereocenters. The zero-order chi connectivity index (χ0) is 23.0. The Morgan fingerprint density at radius 2 is 2.06 bits per heavy atom. The lowest BCUT2D eigenvalue weighted by Gasteiger charge is -2.26. The van der Waals surface area contributed by atoms with Gasteiger partial charge in [-0.15, -0.1) is 11.3 Å². The van der Waals surface area contributed by atoms with E-state index in [1.807, 2.05) is 0 Å². The van der Waals surface area contributed by atoms with Gasteiger partial charge in [-0.25, -0.2) is 14.1 Å². The van der Waals surface area contributed by atoms with E-state index < -0.39 is 23.6 Å². The topological polar surface area (TPSA) is 93.1 Å².